The standard InChI is InChI=1S/C5H8N2O3/c1-4(6-7-9)3-5(8)10-2/h3H,1-2H3,(H,6,9)/b4-3+. The molecule has 0 unspecified atom stereocenters. The van der Waals surface area contributed by atoms with Gasteiger partial charge in [0.1, 0.15) is 0 Å². The molecule has 0 bridgehead atoms. The van der Waals surface area contributed by atoms with E-state index >= 15 is 0 Å². The number of nitrogens with one attached hydrogen (secondary N) is 1. The van der Waals surface area contributed by atoms with E-state index in [1.165, 1.54) is 14.0 Å². The second-order valence-electron chi connectivity index (χ2n) is 1.55. The Balaban J connectivity index is 3.88. The number of nitroso groups, excluding NO2 is 1. The van der Waals surface area contributed by atoms with Gasteiger partial charge in [0, 0.05) is 11.8 Å². The summed E-state index contributed by atoms with van der Waals surface area (Å²) < 4.78 is 4.27. The summed E-state index contributed by atoms with van der Waals surface area (Å²) in [7, 11) is 1.25. The predicted molar refractivity (Wildman–Crippen MR) is 34.7 cm³/mol. The molecule has 0 spiro atoms. The Hall–Kier alpha value is -1.39. The smallest absolute Gasteiger partial charge is 0.332 e. The third-order valence-corrected chi connectivity index (χ3v) is 0.758. The number of rotatable bonds is 3. The van der Waals surface area contributed by atoms with Crippen LogP contribution in [0.5, 0.6) is 0 Å². The number of carbonyl (C=O) groups excluding carboxylic acids is 1. The highest BCUT2D eigenvalue weighted by atomic mass is 16.5. The van der Waals surface area contributed by atoms with Crippen molar-refractivity contribution in [1.82, 2.24) is 5.43 Å². The van der Waals surface area contributed by atoms with Crippen LogP contribution in [0.3, 0.4) is 0 Å². The summed E-state index contributed by atoms with van der Waals surface area (Å²) in [5.74, 6) is -0.520. The fourth-order valence-corrected chi connectivity index (χ4v) is 0.340. The molecular formula is C5H8N2O3. The molecule has 0 amide bonds. The Kier molecular flexibility index (Phi) is 3.86. The molecule has 0 saturated carbocycles. The molecule has 0 aromatic carbocycles. The molecule has 0 aliphatic rings. The average Bonchev–Trinajstić information content (AvgIpc) is 1.88. The lowest BCUT2D eigenvalue weighted by Crippen LogP contribution is -2.04. The minimum atomic E-state index is -0.520. The van der Waals surface area contributed by atoms with E-state index in [1.807, 2.05) is 5.43 Å². The molecule has 56 valence electrons. The zero-order valence-electron chi connectivity index (χ0n) is 5.75. The summed E-state index contributed by atoms with van der Waals surface area (Å²) in [6, 6.07) is 0. The van der Waals surface area contributed by atoms with Crippen LogP contribution < -0.4 is 5.43 Å². The van der Waals surface area contributed by atoms with E-state index in [1.54, 1.807) is 0 Å². The molecule has 0 aromatic heterocycles. The second-order valence-corrected chi connectivity index (χ2v) is 1.55. The lowest BCUT2D eigenvalue weighted by atomic mass is 10.4. The molecule has 0 aliphatic carbocycles. The van der Waals surface area contributed by atoms with Crippen LogP contribution in [0, 0.1) is 4.91 Å². The number of hydrogen-bond donors (Lipinski definition) is 1. The third kappa shape index (κ3) is 3.59. The molecule has 0 fully saturated rings. The van der Waals surface area contributed by atoms with Gasteiger partial charge in [-0.3, -0.25) is 0 Å². The van der Waals surface area contributed by atoms with Gasteiger partial charge in [0.05, 0.1) is 12.4 Å². The van der Waals surface area contributed by atoms with E-state index in [0.29, 0.717) is 5.70 Å². The number of esters is 1. The number of allylic oxidation sites excluding steroid dienone is 1. The number of nitrogens with zero attached hydrogens (tertiary/aromatic N) is 1. The van der Waals surface area contributed by atoms with Crippen molar-refractivity contribution in [3.8, 4) is 0 Å². The molecule has 5 heteroatoms. The maximum absolute atomic E-state index is 10.4. The molecular weight excluding hydrogens is 136 g/mol. The minimum absolute atomic E-state index is 0.349. The van der Waals surface area contributed by atoms with Crippen LogP contribution in [0.4, 0.5) is 0 Å². The maximum Gasteiger partial charge on any atom is 0.332 e. The van der Waals surface area contributed by atoms with Gasteiger partial charge in [-0.15, -0.1) is 4.91 Å². The predicted octanol–water partition coefficient (Wildman–Crippen LogP) is 0.334. The van der Waals surface area contributed by atoms with Crippen LogP contribution >= 0.6 is 0 Å². The lowest BCUT2D eigenvalue weighted by Gasteiger charge is -1.93. The van der Waals surface area contributed by atoms with Crippen molar-refractivity contribution in [2.75, 3.05) is 7.11 Å². The van der Waals surface area contributed by atoms with Gasteiger partial charge < -0.3 is 4.74 Å². The molecule has 0 rings (SSSR count). The normalized spacial score (nSPS) is 10.4. The molecule has 0 aromatic rings. The van der Waals surface area contributed by atoms with Gasteiger partial charge in [0.2, 0.25) is 0 Å². The fourth-order valence-electron chi connectivity index (χ4n) is 0.340. The van der Waals surface area contributed by atoms with E-state index in [-0.39, 0.29) is 0 Å². The molecule has 0 radical (unpaired) electrons. The Morgan fingerprint density at radius 1 is 1.70 bits per heavy atom. The van der Waals surface area contributed by atoms with Crippen molar-refractivity contribution in [1.29, 1.82) is 0 Å². The Bertz CT molecular complexity index is 164. The van der Waals surface area contributed by atoms with Crippen LogP contribution in [0.15, 0.2) is 17.1 Å². The van der Waals surface area contributed by atoms with Crippen molar-refractivity contribution in [3.05, 3.63) is 16.7 Å². The molecule has 10 heavy (non-hydrogen) atoms. The average molecular weight is 144 g/mol. The zero-order valence-corrected chi connectivity index (χ0v) is 5.75. The van der Waals surface area contributed by atoms with Gasteiger partial charge in [-0.25, -0.2) is 10.2 Å². The summed E-state index contributed by atoms with van der Waals surface area (Å²) in [5, 5.41) is 2.35. The SMILES string of the molecule is COC(=O)/C=C(\C)NN=O. The fraction of sp³-hybridized carbons (Fsp3) is 0.400. The molecule has 1 N–H and O–H groups in total. The second kappa shape index (κ2) is 4.49. The summed E-state index contributed by atoms with van der Waals surface area (Å²) >= 11 is 0. The first-order valence-electron chi connectivity index (χ1n) is 2.55. The van der Waals surface area contributed by atoms with E-state index in [2.05, 4.69) is 10.0 Å². The van der Waals surface area contributed by atoms with Gasteiger partial charge in [0.15, 0.2) is 0 Å². The molecule has 5 nitrogen and oxygen atoms in total. The highest BCUT2D eigenvalue weighted by molar-refractivity contribution is 5.82. The Morgan fingerprint density at radius 2 is 2.30 bits per heavy atom. The highest BCUT2D eigenvalue weighted by Gasteiger charge is 1.93. The monoisotopic (exact) mass is 144 g/mol. The number of methoxy groups -OCH3 is 1. The van der Waals surface area contributed by atoms with Crippen LogP contribution in [0.2, 0.25) is 0 Å². The van der Waals surface area contributed by atoms with E-state index in [4.69, 9.17) is 0 Å². The molecule has 0 heterocycles. The molecule has 0 aliphatic heterocycles. The summed E-state index contributed by atoms with van der Waals surface area (Å²) in [5.41, 5.74) is 2.39. The summed E-state index contributed by atoms with van der Waals surface area (Å²) in [4.78, 5) is 19.9. The third-order valence-electron chi connectivity index (χ3n) is 0.758. The Labute approximate surface area is 58.0 Å². The summed E-state index contributed by atoms with van der Waals surface area (Å²) in [6.07, 6.45) is 1.13. The van der Waals surface area contributed by atoms with E-state index in [9.17, 15) is 9.70 Å². The van der Waals surface area contributed by atoms with Gasteiger partial charge in [-0.1, -0.05) is 0 Å². The van der Waals surface area contributed by atoms with Crippen molar-refractivity contribution in [3.63, 3.8) is 0 Å². The van der Waals surface area contributed by atoms with E-state index < -0.39 is 5.97 Å². The summed E-state index contributed by atoms with van der Waals surface area (Å²) in [6.45, 7) is 1.53. The van der Waals surface area contributed by atoms with Crippen LogP contribution in [-0.4, -0.2) is 13.1 Å². The van der Waals surface area contributed by atoms with Gasteiger partial charge in [-0.05, 0) is 6.92 Å². The first kappa shape index (κ1) is 8.61. The largest absolute Gasteiger partial charge is 0.466 e. The lowest BCUT2D eigenvalue weighted by molar-refractivity contribution is -0.134. The maximum atomic E-state index is 10.4. The quantitative estimate of drug-likeness (QED) is 0.268. The molecule has 0 saturated heterocycles. The zero-order chi connectivity index (χ0) is 7.98. The van der Waals surface area contributed by atoms with Crippen molar-refractivity contribution in [2.24, 2.45) is 5.29 Å². The topological polar surface area (TPSA) is 67.8 Å². The van der Waals surface area contributed by atoms with E-state index in [0.717, 1.165) is 6.08 Å². The minimum Gasteiger partial charge on any atom is -0.466 e. The van der Waals surface area contributed by atoms with Crippen LogP contribution in [0.25, 0.3) is 0 Å². The van der Waals surface area contributed by atoms with Crippen LogP contribution in [-0.2, 0) is 9.53 Å². The number of hydrogen-bond acceptors (Lipinski definition) is 4. The van der Waals surface area contributed by atoms with Gasteiger partial charge >= 0.3 is 5.97 Å². The number of ether oxygens (including phenoxy) is 1. The number of carbonyl (C=O) groups is 1. The Morgan fingerprint density at radius 3 is 2.70 bits per heavy atom. The first-order chi connectivity index (χ1) is 4.70. The van der Waals surface area contributed by atoms with Crippen molar-refractivity contribution < 1.29 is 9.53 Å². The van der Waals surface area contributed by atoms with Gasteiger partial charge in [-0.2, -0.15) is 0 Å². The highest BCUT2D eigenvalue weighted by Crippen LogP contribution is 1.86. The van der Waals surface area contributed by atoms with Crippen molar-refractivity contribution in [2.45, 2.75) is 6.92 Å². The molecule has 0 atom stereocenters. The first-order valence-corrected chi connectivity index (χ1v) is 2.55. The van der Waals surface area contributed by atoms with Crippen molar-refractivity contribution >= 4 is 5.97 Å². The van der Waals surface area contributed by atoms with Gasteiger partial charge in [0.25, 0.3) is 0 Å². The van der Waals surface area contributed by atoms with Crippen LogP contribution in [0.1, 0.15) is 6.92 Å².